The maximum absolute atomic E-state index is 11.7. The van der Waals surface area contributed by atoms with Gasteiger partial charge in [-0.05, 0) is 6.42 Å². The number of aliphatic carboxylic acids is 1. The molecule has 0 radical (unpaired) electrons. The lowest BCUT2D eigenvalue weighted by Gasteiger charge is -2.16. The molecule has 2 N–H and O–H groups in total. The van der Waals surface area contributed by atoms with Gasteiger partial charge in [0, 0.05) is 26.1 Å². The number of carbonyl (C=O) groups excluding carboxylic acids is 1. The molecule has 1 fully saturated rings. The van der Waals surface area contributed by atoms with E-state index in [4.69, 9.17) is 9.63 Å². The average Bonchev–Trinajstić information content (AvgIpc) is 2.99. The van der Waals surface area contributed by atoms with Crippen molar-refractivity contribution in [2.24, 2.45) is 5.92 Å². The largest absolute Gasteiger partial charge is 0.481 e. The van der Waals surface area contributed by atoms with Crippen LogP contribution >= 0.6 is 0 Å². The normalized spacial score (nSPS) is 18.9. The molecule has 1 aliphatic heterocycles. The van der Waals surface area contributed by atoms with E-state index in [0.29, 0.717) is 31.8 Å². The number of urea groups is 1. The second-order valence-corrected chi connectivity index (χ2v) is 4.09. The second-order valence-electron chi connectivity index (χ2n) is 4.09. The molecule has 1 aromatic heterocycles. The van der Waals surface area contributed by atoms with E-state index < -0.39 is 11.9 Å². The van der Waals surface area contributed by atoms with Crippen molar-refractivity contribution in [3.05, 3.63) is 12.2 Å². The number of carboxylic acid groups (broad SMARTS) is 1. The first-order valence-corrected chi connectivity index (χ1v) is 5.68. The number of rotatable bonds is 4. The van der Waals surface area contributed by atoms with E-state index in [1.807, 2.05) is 0 Å². The van der Waals surface area contributed by atoms with E-state index in [1.54, 1.807) is 0 Å². The van der Waals surface area contributed by atoms with Crippen molar-refractivity contribution >= 4 is 12.0 Å². The van der Waals surface area contributed by atoms with Gasteiger partial charge in [-0.25, -0.2) is 4.79 Å². The third-order valence-corrected chi connectivity index (χ3v) is 2.85. The molecule has 1 aliphatic rings. The molecular weight excluding hydrogens is 240 g/mol. The molecule has 1 atom stereocenters. The van der Waals surface area contributed by atoms with Gasteiger partial charge in [0.15, 0.2) is 6.33 Å². The molecule has 0 aromatic carbocycles. The summed E-state index contributed by atoms with van der Waals surface area (Å²) < 4.78 is 4.79. The Balaban J connectivity index is 1.71. The smallest absolute Gasteiger partial charge is 0.317 e. The summed E-state index contributed by atoms with van der Waals surface area (Å²) in [4.78, 5) is 27.8. The predicted molar refractivity (Wildman–Crippen MR) is 58.7 cm³/mol. The van der Waals surface area contributed by atoms with Crippen molar-refractivity contribution in [2.45, 2.75) is 12.8 Å². The van der Waals surface area contributed by atoms with Crippen molar-refractivity contribution in [3.63, 3.8) is 0 Å². The molecule has 1 aromatic rings. The van der Waals surface area contributed by atoms with Gasteiger partial charge in [-0.15, -0.1) is 0 Å². The quantitative estimate of drug-likeness (QED) is 0.765. The number of likely N-dealkylation sites (tertiary alicyclic amines) is 1. The zero-order chi connectivity index (χ0) is 13.0. The summed E-state index contributed by atoms with van der Waals surface area (Å²) in [6.45, 7) is 1.13. The van der Waals surface area contributed by atoms with Crippen LogP contribution in [0, 0.1) is 5.92 Å². The van der Waals surface area contributed by atoms with Gasteiger partial charge in [-0.3, -0.25) is 4.79 Å². The van der Waals surface area contributed by atoms with Crippen LogP contribution in [-0.2, 0) is 11.2 Å². The fourth-order valence-electron chi connectivity index (χ4n) is 1.84. The van der Waals surface area contributed by atoms with Crippen LogP contribution < -0.4 is 5.32 Å². The van der Waals surface area contributed by atoms with E-state index in [9.17, 15) is 9.59 Å². The highest BCUT2D eigenvalue weighted by molar-refractivity contribution is 5.77. The Kier molecular flexibility index (Phi) is 3.75. The second kappa shape index (κ2) is 5.48. The van der Waals surface area contributed by atoms with Crippen LogP contribution in [0.5, 0.6) is 0 Å². The zero-order valence-corrected chi connectivity index (χ0v) is 9.70. The summed E-state index contributed by atoms with van der Waals surface area (Å²) in [5.74, 6) is -0.844. The lowest BCUT2D eigenvalue weighted by molar-refractivity contribution is -0.141. The Morgan fingerprint density at radius 3 is 3.06 bits per heavy atom. The molecular formula is C10H14N4O4. The Morgan fingerprint density at radius 2 is 2.44 bits per heavy atom. The summed E-state index contributed by atoms with van der Waals surface area (Å²) >= 11 is 0. The van der Waals surface area contributed by atoms with Crippen LogP contribution in [0.4, 0.5) is 4.79 Å². The van der Waals surface area contributed by atoms with Gasteiger partial charge in [0.25, 0.3) is 0 Å². The van der Waals surface area contributed by atoms with Gasteiger partial charge < -0.3 is 19.8 Å². The van der Waals surface area contributed by atoms with Crippen LogP contribution in [0.25, 0.3) is 0 Å². The maximum Gasteiger partial charge on any atom is 0.317 e. The van der Waals surface area contributed by atoms with E-state index >= 15 is 0 Å². The van der Waals surface area contributed by atoms with Crippen molar-refractivity contribution < 1.29 is 19.2 Å². The number of hydrogen-bond acceptors (Lipinski definition) is 5. The minimum Gasteiger partial charge on any atom is -0.481 e. The van der Waals surface area contributed by atoms with E-state index in [-0.39, 0.29) is 12.6 Å². The van der Waals surface area contributed by atoms with Gasteiger partial charge >= 0.3 is 12.0 Å². The van der Waals surface area contributed by atoms with E-state index in [1.165, 1.54) is 11.2 Å². The Hall–Kier alpha value is -2.12. The number of hydrogen-bond donors (Lipinski definition) is 2. The van der Waals surface area contributed by atoms with Gasteiger partial charge in [0.1, 0.15) is 0 Å². The molecule has 98 valence electrons. The molecule has 8 heteroatoms. The van der Waals surface area contributed by atoms with E-state index in [2.05, 4.69) is 15.5 Å². The fourth-order valence-corrected chi connectivity index (χ4v) is 1.84. The van der Waals surface area contributed by atoms with Gasteiger partial charge in [0.2, 0.25) is 5.89 Å². The van der Waals surface area contributed by atoms with Gasteiger partial charge in [0.05, 0.1) is 5.92 Å². The van der Waals surface area contributed by atoms with Crippen LogP contribution in [0.1, 0.15) is 12.3 Å². The maximum atomic E-state index is 11.7. The number of nitrogens with one attached hydrogen (secondary N) is 1. The summed E-state index contributed by atoms with van der Waals surface area (Å²) in [6, 6.07) is -0.252. The molecule has 1 unspecified atom stereocenters. The Morgan fingerprint density at radius 1 is 1.61 bits per heavy atom. The molecule has 1 saturated heterocycles. The number of carboxylic acids is 1. The number of aromatic nitrogens is 2. The SMILES string of the molecule is O=C(O)C1CCN(C(=O)NCCc2ncno2)C1. The monoisotopic (exact) mass is 254 g/mol. The third kappa shape index (κ3) is 2.96. The number of carbonyl (C=O) groups is 2. The molecule has 2 amide bonds. The molecule has 2 heterocycles. The highest BCUT2D eigenvalue weighted by atomic mass is 16.5. The zero-order valence-electron chi connectivity index (χ0n) is 9.70. The minimum atomic E-state index is -0.851. The number of amides is 2. The summed E-state index contributed by atoms with van der Waals surface area (Å²) in [5.41, 5.74) is 0. The molecule has 0 spiro atoms. The molecule has 0 bridgehead atoms. The fraction of sp³-hybridized carbons (Fsp3) is 0.600. The summed E-state index contributed by atoms with van der Waals surface area (Å²) in [5, 5.41) is 15.0. The van der Waals surface area contributed by atoms with Crippen LogP contribution in [0.2, 0.25) is 0 Å². The minimum absolute atomic E-state index is 0.252. The van der Waals surface area contributed by atoms with Gasteiger partial charge in [-0.2, -0.15) is 4.98 Å². The molecule has 8 nitrogen and oxygen atoms in total. The highest BCUT2D eigenvalue weighted by Gasteiger charge is 2.30. The van der Waals surface area contributed by atoms with Crippen molar-refractivity contribution in [2.75, 3.05) is 19.6 Å². The topological polar surface area (TPSA) is 109 Å². The van der Waals surface area contributed by atoms with Crippen LogP contribution in [-0.4, -0.2) is 51.8 Å². The molecule has 2 rings (SSSR count). The molecule has 18 heavy (non-hydrogen) atoms. The lowest BCUT2D eigenvalue weighted by Crippen LogP contribution is -2.39. The van der Waals surface area contributed by atoms with Crippen LogP contribution in [0.3, 0.4) is 0 Å². The van der Waals surface area contributed by atoms with Crippen molar-refractivity contribution in [3.8, 4) is 0 Å². The summed E-state index contributed by atoms with van der Waals surface area (Å²) in [6.07, 6.45) is 2.27. The van der Waals surface area contributed by atoms with Crippen molar-refractivity contribution in [1.82, 2.24) is 20.4 Å². The first-order valence-electron chi connectivity index (χ1n) is 5.68. The third-order valence-electron chi connectivity index (χ3n) is 2.85. The highest BCUT2D eigenvalue weighted by Crippen LogP contribution is 2.15. The predicted octanol–water partition coefficient (Wildman–Crippen LogP) is -0.272. The summed E-state index contributed by atoms with van der Waals surface area (Å²) in [7, 11) is 0. The Labute approximate surface area is 103 Å². The Bertz CT molecular complexity index is 420. The molecule has 0 aliphatic carbocycles. The first kappa shape index (κ1) is 12.3. The van der Waals surface area contributed by atoms with Crippen LogP contribution in [0.15, 0.2) is 10.9 Å². The molecule has 0 saturated carbocycles. The first-order chi connectivity index (χ1) is 8.66. The standard InChI is InChI=1S/C10H14N4O4/c15-9(16)7-2-4-14(5-7)10(17)11-3-1-8-12-6-13-18-8/h6-7H,1-5H2,(H,11,17)(H,15,16). The van der Waals surface area contributed by atoms with E-state index in [0.717, 1.165) is 0 Å². The van der Waals surface area contributed by atoms with Gasteiger partial charge in [-0.1, -0.05) is 5.16 Å². The lowest BCUT2D eigenvalue weighted by atomic mass is 10.1. The number of nitrogens with zero attached hydrogens (tertiary/aromatic N) is 3. The average molecular weight is 254 g/mol. The van der Waals surface area contributed by atoms with Crippen molar-refractivity contribution in [1.29, 1.82) is 0 Å².